The van der Waals surface area contributed by atoms with Crippen molar-refractivity contribution in [1.82, 2.24) is 5.32 Å². The molecule has 0 aliphatic carbocycles. The maximum Gasteiger partial charge on any atom is 0.307 e. The molecule has 0 aliphatic rings. The number of hydrogen-bond acceptors (Lipinski definition) is 5. The number of hydrogen-bond donors (Lipinski definition) is 1. The Morgan fingerprint density at radius 2 is 0.976 bits per heavy atom. The van der Waals surface area contributed by atoms with Crippen LogP contribution in [0, 0.1) is 0 Å². The van der Waals surface area contributed by atoms with E-state index in [4.69, 9.17) is 9.47 Å². The van der Waals surface area contributed by atoms with Crippen LogP contribution in [0.3, 0.4) is 0 Å². The van der Waals surface area contributed by atoms with E-state index < -0.39 is 0 Å². The molecule has 0 radical (unpaired) electrons. The van der Waals surface area contributed by atoms with Crippen LogP contribution < -0.4 is 5.32 Å². The van der Waals surface area contributed by atoms with Gasteiger partial charge in [-0.05, 0) is 70.8 Å². The van der Waals surface area contributed by atoms with Crippen LogP contribution in [0.1, 0.15) is 168 Å². The summed E-state index contributed by atoms with van der Waals surface area (Å²) in [5.74, 6) is -0.153. The minimum absolute atomic E-state index is 0.0382. The van der Waals surface area contributed by atoms with Gasteiger partial charge in [0.1, 0.15) is 0 Å². The largest absolute Gasteiger partial charge is 0.466 e. The molecule has 0 rings (SSSR count). The molecule has 5 heteroatoms. The summed E-state index contributed by atoms with van der Waals surface area (Å²) in [5.41, 5.74) is 0. The van der Waals surface area contributed by atoms with Gasteiger partial charge in [-0.15, -0.1) is 0 Å². The lowest BCUT2D eigenvalue weighted by atomic mass is 10.1. The SMILES string of the molecule is CC/C=C\CCCOC(=O)CCNCCCCCCCC(=O)OCCCCCCCC/C=C\CCCCCCCC. The molecule has 0 bridgehead atoms. The Morgan fingerprint density at radius 1 is 0.488 bits per heavy atom. The molecule has 0 amide bonds. The van der Waals surface area contributed by atoms with Crippen molar-refractivity contribution in [2.45, 2.75) is 168 Å². The van der Waals surface area contributed by atoms with Crippen molar-refractivity contribution in [3.05, 3.63) is 24.3 Å². The van der Waals surface area contributed by atoms with E-state index in [9.17, 15) is 9.59 Å². The smallest absolute Gasteiger partial charge is 0.307 e. The average Bonchev–Trinajstić information content (AvgIpc) is 2.97. The minimum atomic E-state index is -0.114. The van der Waals surface area contributed by atoms with E-state index in [-0.39, 0.29) is 11.9 Å². The van der Waals surface area contributed by atoms with Gasteiger partial charge in [-0.25, -0.2) is 0 Å². The van der Waals surface area contributed by atoms with Crippen LogP contribution >= 0.6 is 0 Å². The maximum atomic E-state index is 11.9. The van der Waals surface area contributed by atoms with E-state index >= 15 is 0 Å². The number of nitrogens with one attached hydrogen (secondary N) is 1. The molecule has 0 saturated heterocycles. The van der Waals surface area contributed by atoms with E-state index in [1.54, 1.807) is 0 Å². The van der Waals surface area contributed by atoms with Gasteiger partial charge in [0, 0.05) is 13.0 Å². The van der Waals surface area contributed by atoms with Gasteiger partial charge in [-0.3, -0.25) is 9.59 Å². The summed E-state index contributed by atoms with van der Waals surface area (Å²) in [7, 11) is 0. The molecule has 0 aromatic heterocycles. The predicted octanol–water partition coefficient (Wildman–Crippen LogP) is 10.2. The zero-order valence-corrected chi connectivity index (χ0v) is 27.2. The lowest BCUT2D eigenvalue weighted by molar-refractivity contribution is -0.144. The Morgan fingerprint density at radius 3 is 1.63 bits per heavy atom. The first-order valence-electron chi connectivity index (χ1n) is 17.5. The molecule has 0 unspecified atom stereocenters. The zero-order chi connectivity index (χ0) is 29.9. The highest BCUT2D eigenvalue weighted by molar-refractivity contribution is 5.69. The molecule has 0 atom stereocenters. The van der Waals surface area contributed by atoms with Crippen molar-refractivity contribution < 1.29 is 19.1 Å². The highest BCUT2D eigenvalue weighted by Crippen LogP contribution is 2.11. The number of carbonyl (C=O) groups excluding carboxylic acids is 2. The number of unbranched alkanes of at least 4 members (excludes halogenated alkanes) is 17. The van der Waals surface area contributed by atoms with Crippen molar-refractivity contribution in [3.8, 4) is 0 Å². The van der Waals surface area contributed by atoms with Crippen molar-refractivity contribution in [3.63, 3.8) is 0 Å². The number of allylic oxidation sites excluding steroid dienone is 4. The van der Waals surface area contributed by atoms with E-state index in [1.165, 1.54) is 77.0 Å². The second-order valence-corrected chi connectivity index (χ2v) is 11.4. The second kappa shape index (κ2) is 34.6. The van der Waals surface area contributed by atoms with Gasteiger partial charge in [0.2, 0.25) is 0 Å². The molecule has 0 fully saturated rings. The fourth-order valence-corrected chi connectivity index (χ4v) is 4.72. The summed E-state index contributed by atoms with van der Waals surface area (Å²) in [6.07, 6.45) is 36.3. The second-order valence-electron chi connectivity index (χ2n) is 11.4. The normalized spacial score (nSPS) is 11.6. The Bertz CT molecular complexity index is 617. The molecular weight excluding hydrogens is 510 g/mol. The Balaban J connectivity index is 3.27. The van der Waals surface area contributed by atoms with Gasteiger partial charge in [0.05, 0.1) is 19.6 Å². The number of carbonyl (C=O) groups is 2. The van der Waals surface area contributed by atoms with E-state index in [2.05, 4.69) is 43.5 Å². The first-order valence-corrected chi connectivity index (χ1v) is 17.5. The summed E-state index contributed by atoms with van der Waals surface area (Å²) in [6.45, 7) is 7.08. The van der Waals surface area contributed by atoms with E-state index in [1.807, 2.05) is 0 Å². The fourth-order valence-electron chi connectivity index (χ4n) is 4.72. The first kappa shape index (κ1) is 39.4. The van der Waals surface area contributed by atoms with Gasteiger partial charge in [-0.1, -0.05) is 115 Å². The van der Waals surface area contributed by atoms with Crippen molar-refractivity contribution in [2.75, 3.05) is 26.3 Å². The van der Waals surface area contributed by atoms with Crippen LogP contribution in [-0.2, 0) is 19.1 Å². The van der Waals surface area contributed by atoms with Gasteiger partial charge in [0.15, 0.2) is 0 Å². The van der Waals surface area contributed by atoms with Crippen molar-refractivity contribution in [2.24, 2.45) is 0 Å². The van der Waals surface area contributed by atoms with Crippen LogP contribution in [0.2, 0.25) is 0 Å². The number of rotatable bonds is 32. The standard InChI is InChI=1S/C36H67NO4/c1-3-5-7-9-10-11-12-13-14-15-16-17-18-19-24-28-33-40-35(38)29-25-21-20-22-26-31-37-32-30-36(39)41-34-27-23-8-6-4-2/h6,8,13-14,37H,3-5,7,9-12,15-34H2,1-2H3/b8-6-,14-13-. The Hall–Kier alpha value is -1.62. The topological polar surface area (TPSA) is 64.6 Å². The van der Waals surface area contributed by atoms with Crippen LogP contribution in [0.15, 0.2) is 24.3 Å². The summed E-state index contributed by atoms with van der Waals surface area (Å²) < 4.78 is 10.6. The van der Waals surface area contributed by atoms with E-state index in [0.717, 1.165) is 70.8 Å². The molecule has 0 aromatic rings. The van der Waals surface area contributed by atoms with E-state index in [0.29, 0.717) is 32.6 Å². The van der Waals surface area contributed by atoms with Gasteiger partial charge in [0.25, 0.3) is 0 Å². The van der Waals surface area contributed by atoms with Crippen molar-refractivity contribution >= 4 is 11.9 Å². The molecule has 0 saturated carbocycles. The lowest BCUT2D eigenvalue weighted by Gasteiger charge is -2.06. The summed E-state index contributed by atoms with van der Waals surface area (Å²) in [4.78, 5) is 23.6. The predicted molar refractivity (Wildman–Crippen MR) is 175 cm³/mol. The van der Waals surface area contributed by atoms with Crippen LogP contribution in [0.4, 0.5) is 0 Å². The minimum Gasteiger partial charge on any atom is -0.466 e. The molecule has 0 aromatic carbocycles. The molecule has 5 nitrogen and oxygen atoms in total. The summed E-state index contributed by atoms with van der Waals surface area (Å²) in [6, 6.07) is 0. The third-order valence-corrected chi connectivity index (χ3v) is 7.34. The molecule has 0 heterocycles. The molecule has 41 heavy (non-hydrogen) atoms. The fraction of sp³-hybridized carbons (Fsp3) is 0.833. The van der Waals surface area contributed by atoms with Gasteiger partial charge < -0.3 is 14.8 Å². The zero-order valence-electron chi connectivity index (χ0n) is 27.2. The van der Waals surface area contributed by atoms with Crippen molar-refractivity contribution in [1.29, 1.82) is 0 Å². The number of ether oxygens (including phenoxy) is 2. The lowest BCUT2D eigenvalue weighted by Crippen LogP contribution is -2.20. The van der Waals surface area contributed by atoms with Gasteiger partial charge in [-0.2, -0.15) is 0 Å². The maximum absolute atomic E-state index is 11.9. The highest BCUT2D eigenvalue weighted by atomic mass is 16.5. The third kappa shape index (κ3) is 34.5. The Kier molecular flexibility index (Phi) is 33.2. The average molecular weight is 578 g/mol. The summed E-state index contributed by atoms with van der Waals surface area (Å²) in [5, 5.41) is 3.32. The monoisotopic (exact) mass is 578 g/mol. The summed E-state index contributed by atoms with van der Waals surface area (Å²) >= 11 is 0. The Labute approximate surface area is 254 Å². The third-order valence-electron chi connectivity index (χ3n) is 7.34. The van der Waals surface area contributed by atoms with Gasteiger partial charge >= 0.3 is 11.9 Å². The molecule has 1 N–H and O–H groups in total. The molecule has 240 valence electrons. The first-order chi connectivity index (χ1) is 20.2. The quantitative estimate of drug-likeness (QED) is 0.0489. The number of esters is 2. The molecule has 0 spiro atoms. The molecular formula is C36H67NO4. The van der Waals surface area contributed by atoms with Crippen LogP contribution in [-0.4, -0.2) is 38.2 Å². The highest BCUT2D eigenvalue weighted by Gasteiger charge is 2.03. The molecule has 0 aliphatic heterocycles. The van der Waals surface area contributed by atoms with Crippen LogP contribution in [0.25, 0.3) is 0 Å². The van der Waals surface area contributed by atoms with Crippen LogP contribution in [0.5, 0.6) is 0 Å².